The largest absolute Gasteiger partial charge is 0.469 e. The number of aromatic nitrogens is 1. The molecule has 0 saturated carbocycles. The molecule has 0 saturated heterocycles. The molecule has 7 heteroatoms. The van der Waals surface area contributed by atoms with Gasteiger partial charge in [-0.25, -0.2) is 9.78 Å². The number of ether oxygens (including phenoxy) is 2. The maximum atomic E-state index is 11.3. The molecule has 0 aliphatic heterocycles. The van der Waals surface area contributed by atoms with E-state index in [0.717, 1.165) is 0 Å². The summed E-state index contributed by atoms with van der Waals surface area (Å²) in [6.45, 7) is 0. The van der Waals surface area contributed by atoms with E-state index in [1.807, 2.05) is 0 Å². The first-order chi connectivity index (χ1) is 7.69. The van der Waals surface area contributed by atoms with E-state index in [1.165, 1.54) is 37.3 Å². The maximum absolute atomic E-state index is 11.3. The van der Waals surface area contributed by atoms with Crippen LogP contribution in [0.15, 0.2) is 10.5 Å². The van der Waals surface area contributed by atoms with E-state index >= 15 is 0 Å². The van der Waals surface area contributed by atoms with E-state index in [-0.39, 0.29) is 5.97 Å². The molecule has 0 N–H and O–H groups in total. The summed E-state index contributed by atoms with van der Waals surface area (Å²) in [4.78, 5) is 26.7. The summed E-state index contributed by atoms with van der Waals surface area (Å²) in [5.74, 6) is -0.147. The van der Waals surface area contributed by atoms with Crippen LogP contribution in [-0.2, 0) is 14.3 Å². The number of thiazole rings is 1. The fraction of sp³-hybridized carbons (Fsp3) is 0.444. The molecule has 0 aliphatic carbocycles. The minimum absolute atomic E-state index is 0.276. The number of rotatable bonds is 5. The van der Waals surface area contributed by atoms with Crippen LogP contribution in [-0.4, -0.2) is 36.9 Å². The number of methoxy groups -OCH3 is 2. The number of thioether (sulfide) groups is 1. The molecular formula is C9H11NO4S2. The van der Waals surface area contributed by atoms with Crippen molar-refractivity contribution in [1.29, 1.82) is 0 Å². The first-order valence-corrected chi connectivity index (χ1v) is 6.27. The van der Waals surface area contributed by atoms with Crippen molar-refractivity contribution in [2.45, 2.75) is 11.4 Å². The summed E-state index contributed by atoms with van der Waals surface area (Å²) in [6.07, 6.45) is 0.291. The lowest BCUT2D eigenvalue weighted by Crippen LogP contribution is -2.03. The molecule has 0 spiro atoms. The lowest BCUT2D eigenvalue weighted by Gasteiger charge is -2.00. The Bertz CT molecular complexity index is 377. The van der Waals surface area contributed by atoms with Crippen LogP contribution in [0.2, 0.25) is 0 Å². The summed E-state index contributed by atoms with van der Waals surface area (Å²) in [6, 6.07) is 0. The molecule has 0 aromatic carbocycles. The van der Waals surface area contributed by atoms with Crippen molar-refractivity contribution in [3.8, 4) is 0 Å². The number of nitrogens with zero attached hydrogens (tertiary/aromatic N) is 1. The van der Waals surface area contributed by atoms with Crippen molar-refractivity contribution in [2.24, 2.45) is 0 Å². The van der Waals surface area contributed by atoms with Crippen molar-refractivity contribution < 1.29 is 19.1 Å². The standard InChI is InChI=1S/C9H11NO4S2/c1-13-6(11)3-4-15-8-7(9(12)14-2)16-5-10-8/h5H,3-4H2,1-2H3. The van der Waals surface area contributed by atoms with Gasteiger partial charge in [-0.05, 0) is 0 Å². The first kappa shape index (κ1) is 13.0. The van der Waals surface area contributed by atoms with Crippen LogP contribution in [0.4, 0.5) is 0 Å². The number of carbonyl (C=O) groups excluding carboxylic acids is 2. The van der Waals surface area contributed by atoms with Crippen molar-refractivity contribution in [1.82, 2.24) is 4.98 Å². The van der Waals surface area contributed by atoms with Gasteiger partial charge in [-0.15, -0.1) is 23.1 Å². The molecule has 0 unspecified atom stereocenters. The summed E-state index contributed by atoms with van der Waals surface area (Å²) in [7, 11) is 2.67. The highest BCUT2D eigenvalue weighted by Gasteiger charge is 2.15. The Kier molecular flexibility index (Phi) is 5.27. The number of hydrogen-bond donors (Lipinski definition) is 0. The predicted octanol–water partition coefficient (Wildman–Crippen LogP) is 1.58. The summed E-state index contributed by atoms with van der Waals surface area (Å²) in [5, 5.41) is 0.598. The maximum Gasteiger partial charge on any atom is 0.350 e. The minimum Gasteiger partial charge on any atom is -0.469 e. The van der Waals surface area contributed by atoms with Gasteiger partial charge < -0.3 is 9.47 Å². The molecule has 0 bridgehead atoms. The highest BCUT2D eigenvalue weighted by Crippen LogP contribution is 2.25. The smallest absolute Gasteiger partial charge is 0.350 e. The quantitative estimate of drug-likeness (QED) is 0.592. The third kappa shape index (κ3) is 3.49. The zero-order valence-electron chi connectivity index (χ0n) is 8.89. The Labute approximate surface area is 101 Å². The van der Waals surface area contributed by atoms with Gasteiger partial charge in [0.25, 0.3) is 0 Å². The molecule has 5 nitrogen and oxygen atoms in total. The van der Waals surface area contributed by atoms with Crippen molar-refractivity contribution in [3.63, 3.8) is 0 Å². The van der Waals surface area contributed by atoms with E-state index in [4.69, 9.17) is 0 Å². The lowest BCUT2D eigenvalue weighted by atomic mass is 10.5. The second kappa shape index (κ2) is 6.49. The van der Waals surface area contributed by atoms with Gasteiger partial charge in [-0.1, -0.05) is 0 Å². The van der Waals surface area contributed by atoms with Crippen LogP contribution in [0, 0.1) is 0 Å². The molecular weight excluding hydrogens is 250 g/mol. The molecule has 88 valence electrons. The normalized spacial score (nSPS) is 9.88. The number of hydrogen-bond acceptors (Lipinski definition) is 7. The van der Waals surface area contributed by atoms with Gasteiger partial charge in [-0.3, -0.25) is 4.79 Å². The topological polar surface area (TPSA) is 65.5 Å². The zero-order chi connectivity index (χ0) is 12.0. The molecule has 1 rings (SSSR count). The Morgan fingerprint density at radius 3 is 2.81 bits per heavy atom. The Balaban J connectivity index is 2.51. The van der Waals surface area contributed by atoms with Gasteiger partial charge in [0.1, 0.15) is 9.90 Å². The monoisotopic (exact) mass is 261 g/mol. The van der Waals surface area contributed by atoms with Crippen LogP contribution < -0.4 is 0 Å². The van der Waals surface area contributed by atoms with Gasteiger partial charge in [0.05, 0.1) is 26.2 Å². The Hall–Kier alpha value is -1.08. The molecule has 0 aliphatic rings. The second-order valence-electron chi connectivity index (χ2n) is 2.65. The van der Waals surface area contributed by atoms with Gasteiger partial charge in [0.2, 0.25) is 0 Å². The molecule has 0 radical (unpaired) electrons. The summed E-state index contributed by atoms with van der Waals surface area (Å²) < 4.78 is 9.12. The highest BCUT2D eigenvalue weighted by atomic mass is 32.2. The average Bonchev–Trinajstić information content (AvgIpc) is 2.76. The van der Waals surface area contributed by atoms with Gasteiger partial charge in [-0.2, -0.15) is 0 Å². The van der Waals surface area contributed by atoms with Crippen molar-refractivity contribution in [3.05, 3.63) is 10.4 Å². The SMILES string of the molecule is COC(=O)CCSc1ncsc1C(=O)OC. The molecule has 0 fully saturated rings. The van der Waals surface area contributed by atoms with Crippen molar-refractivity contribution >= 4 is 35.0 Å². The molecule has 1 heterocycles. The van der Waals surface area contributed by atoms with Crippen LogP contribution in [0.1, 0.15) is 16.1 Å². The fourth-order valence-electron chi connectivity index (χ4n) is 0.900. The predicted molar refractivity (Wildman–Crippen MR) is 60.8 cm³/mol. The van der Waals surface area contributed by atoms with Gasteiger partial charge in [0.15, 0.2) is 0 Å². The van der Waals surface area contributed by atoms with Crippen LogP contribution in [0.3, 0.4) is 0 Å². The summed E-state index contributed by atoms with van der Waals surface area (Å²) in [5.41, 5.74) is 1.58. The number of esters is 2. The fourth-order valence-corrected chi connectivity index (χ4v) is 2.69. The van der Waals surface area contributed by atoms with E-state index in [9.17, 15) is 9.59 Å². The van der Waals surface area contributed by atoms with Crippen LogP contribution in [0.5, 0.6) is 0 Å². The van der Waals surface area contributed by atoms with Gasteiger partial charge >= 0.3 is 11.9 Å². The molecule has 1 aromatic rings. The first-order valence-electron chi connectivity index (χ1n) is 4.40. The molecule has 0 amide bonds. The highest BCUT2D eigenvalue weighted by molar-refractivity contribution is 7.99. The second-order valence-corrected chi connectivity index (χ2v) is 4.59. The van der Waals surface area contributed by atoms with E-state index in [1.54, 1.807) is 5.51 Å². The van der Waals surface area contributed by atoms with Crippen molar-refractivity contribution in [2.75, 3.05) is 20.0 Å². The van der Waals surface area contributed by atoms with Crippen LogP contribution in [0.25, 0.3) is 0 Å². The zero-order valence-corrected chi connectivity index (χ0v) is 10.5. The minimum atomic E-state index is -0.400. The van der Waals surface area contributed by atoms with E-state index in [0.29, 0.717) is 22.1 Å². The summed E-state index contributed by atoms with van der Waals surface area (Å²) >= 11 is 2.56. The third-order valence-electron chi connectivity index (χ3n) is 1.68. The molecule has 0 atom stereocenters. The van der Waals surface area contributed by atoms with Gasteiger partial charge in [0, 0.05) is 5.75 Å². The third-order valence-corrected chi connectivity index (χ3v) is 3.61. The Morgan fingerprint density at radius 2 is 2.19 bits per heavy atom. The lowest BCUT2D eigenvalue weighted by molar-refractivity contribution is -0.140. The Morgan fingerprint density at radius 1 is 1.44 bits per heavy atom. The molecule has 16 heavy (non-hydrogen) atoms. The molecule has 1 aromatic heterocycles. The number of carbonyl (C=O) groups is 2. The van der Waals surface area contributed by atoms with E-state index in [2.05, 4.69) is 14.5 Å². The average molecular weight is 261 g/mol. The van der Waals surface area contributed by atoms with Crippen LogP contribution >= 0.6 is 23.1 Å². The van der Waals surface area contributed by atoms with E-state index < -0.39 is 5.97 Å².